The predicted octanol–water partition coefficient (Wildman–Crippen LogP) is 3.49. The van der Waals surface area contributed by atoms with Crippen LogP contribution in [0.2, 0.25) is 0 Å². The first-order chi connectivity index (χ1) is 5.66. The molecule has 0 saturated heterocycles. The van der Waals surface area contributed by atoms with E-state index in [2.05, 4.69) is 26.8 Å². The lowest BCUT2D eigenvalue weighted by Crippen LogP contribution is -1.79. The van der Waals surface area contributed by atoms with E-state index in [9.17, 15) is 0 Å². The van der Waals surface area contributed by atoms with Gasteiger partial charge in [-0.15, -0.1) is 0 Å². The number of hydrogen-bond acceptors (Lipinski definition) is 1. The van der Waals surface area contributed by atoms with Gasteiger partial charge in [-0.1, -0.05) is 23.3 Å². The van der Waals surface area contributed by atoms with Gasteiger partial charge in [-0.25, -0.2) is 0 Å². The molecular weight excluding hydrogens is 148 g/mol. The van der Waals surface area contributed by atoms with E-state index in [4.69, 9.17) is 4.74 Å². The van der Waals surface area contributed by atoms with Crippen molar-refractivity contribution in [2.24, 2.45) is 0 Å². The number of ether oxygens (including phenoxy) is 1. The van der Waals surface area contributed by atoms with E-state index in [0.29, 0.717) is 0 Å². The van der Waals surface area contributed by atoms with Crippen LogP contribution < -0.4 is 0 Å². The molecule has 1 heteroatoms. The van der Waals surface area contributed by atoms with Gasteiger partial charge in [0, 0.05) is 7.11 Å². The van der Waals surface area contributed by atoms with E-state index in [0.717, 1.165) is 12.8 Å². The molecule has 0 heterocycles. The Kier molecular flexibility index (Phi) is 6.78. The van der Waals surface area contributed by atoms with E-state index in [1.165, 1.54) is 11.1 Å². The molecular formula is C11H19O. The van der Waals surface area contributed by atoms with Gasteiger partial charge < -0.3 is 4.74 Å². The fourth-order valence-corrected chi connectivity index (χ4v) is 0.856. The summed E-state index contributed by atoms with van der Waals surface area (Å²) in [5, 5.41) is 0. The molecule has 0 rings (SSSR count). The minimum atomic E-state index is 1.12. The molecule has 0 aliphatic rings. The summed E-state index contributed by atoms with van der Waals surface area (Å²) in [5.74, 6) is 0. The zero-order valence-electron chi connectivity index (χ0n) is 8.55. The molecule has 0 unspecified atom stereocenters. The minimum absolute atomic E-state index is 1.12. The van der Waals surface area contributed by atoms with Crippen LogP contribution in [0.3, 0.4) is 0 Å². The van der Waals surface area contributed by atoms with Crippen LogP contribution in [0.4, 0.5) is 0 Å². The quantitative estimate of drug-likeness (QED) is 0.569. The first kappa shape index (κ1) is 11.4. The van der Waals surface area contributed by atoms with E-state index < -0.39 is 0 Å². The van der Waals surface area contributed by atoms with Crippen molar-refractivity contribution in [1.29, 1.82) is 0 Å². The van der Waals surface area contributed by atoms with Crippen molar-refractivity contribution < 1.29 is 4.74 Å². The van der Waals surface area contributed by atoms with Crippen molar-refractivity contribution in [2.45, 2.75) is 33.6 Å². The lowest BCUT2D eigenvalue weighted by Gasteiger charge is -1.97. The monoisotopic (exact) mass is 167 g/mol. The van der Waals surface area contributed by atoms with Crippen molar-refractivity contribution >= 4 is 0 Å². The van der Waals surface area contributed by atoms with Crippen LogP contribution in [0.25, 0.3) is 0 Å². The number of allylic oxidation sites excluding steroid dienone is 3. The molecule has 0 amide bonds. The van der Waals surface area contributed by atoms with Gasteiger partial charge in [0.25, 0.3) is 0 Å². The molecule has 0 atom stereocenters. The summed E-state index contributed by atoms with van der Waals surface area (Å²) in [4.78, 5) is 0. The van der Waals surface area contributed by atoms with Gasteiger partial charge >= 0.3 is 0 Å². The van der Waals surface area contributed by atoms with Gasteiger partial charge in [-0.3, -0.25) is 0 Å². The Labute approximate surface area is 76.1 Å². The molecule has 1 radical (unpaired) electrons. The highest BCUT2D eigenvalue weighted by Gasteiger charge is 1.87. The molecule has 0 aromatic carbocycles. The third-order valence-electron chi connectivity index (χ3n) is 1.58. The number of hydrogen-bond donors (Lipinski definition) is 0. The van der Waals surface area contributed by atoms with Gasteiger partial charge in [0.1, 0.15) is 6.61 Å². The van der Waals surface area contributed by atoms with E-state index in [1.807, 2.05) is 6.08 Å². The SMILES string of the molecule is CO[CH]/C=C(\C)CCC=C(C)C. The topological polar surface area (TPSA) is 9.23 Å². The molecule has 0 N–H and O–H groups in total. The summed E-state index contributed by atoms with van der Waals surface area (Å²) in [5.41, 5.74) is 2.74. The highest BCUT2D eigenvalue weighted by molar-refractivity contribution is 5.05. The lowest BCUT2D eigenvalue weighted by molar-refractivity contribution is 0.296. The standard InChI is InChI=1S/C11H19O/c1-10(2)6-5-7-11(3)8-9-12-4/h6,8-9H,5,7H2,1-4H3/b11-8+. The van der Waals surface area contributed by atoms with Crippen molar-refractivity contribution in [3.63, 3.8) is 0 Å². The molecule has 0 bridgehead atoms. The molecule has 0 aliphatic heterocycles. The van der Waals surface area contributed by atoms with Gasteiger partial charge in [-0.2, -0.15) is 0 Å². The maximum atomic E-state index is 4.82. The molecule has 0 aromatic rings. The third kappa shape index (κ3) is 7.55. The number of methoxy groups -OCH3 is 1. The third-order valence-corrected chi connectivity index (χ3v) is 1.58. The fourth-order valence-electron chi connectivity index (χ4n) is 0.856. The second-order valence-electron chi connectivity index (χ2n) is 3.20. The summed E-state index contributed by atoms with van der Waals surface area (Å²) in [6.07, 6.45) is 6.51. The normalized spacial score (nSPS) is 11.5. The highest BCUT2D eigenvalue weighted by Crippen LogP contribution is 2.06. The molecule has 12 heavy (non-hydrogen) atoms. The molecule has 0 saturated carbocycles. The maximum Gasteiger partial charge on any atom is 0.105 e. The van der Waals surface area contributed by atoms with Crippen LogP contribution in [0, 0.1) is 6.61 Å². The first-order valence-corrected chi connectivity index (χ1v) is 4.32. The molecule has 0 fully saturated rings. The van der Waals surface area contributed by atoms with Crippen LogP contribution in [-0.4, -0.2) is 7.11 Å². The van der Waals surface area contributed by atoms with E-state index in [-0.39, 0.29) is 0 Å². The van der Waals surface area contributed by atoms with E-state index >= 15 is 0 Å². The Bertz CT molecular complexity index is 162. The molecule has 1 nitrogen and oxygen atoms in total. The predicted molar refractivity (Wildman–Crippen MR) is 53.7 cm³/mol. The van der Waals surface area contributed by atoms with Crippen LogP contribution in [0.5, 0.6) is 0 Å². The molecule has 69 valence electrons. The van der Waals surface area contributed by atoms with Gasteiger partial charge in [0.15, 0.2) is 0 Å². The zero-order valence-corrected chi connectivity index (χ0v) is 8.55. The van der Waals surface area contributed by atoms with Crippen molar-refractivity contribution in [3.8, 4) is 0 Å². The van der Waals surface area contributed by atoms with Gasteiger partial charge in [-0.05, 0) is 33.6 Å². The summed E-state index contributed by atoms with van der Waals surface area (Å²) < 4.78 is 4.82. The van der Waals surface area contributed by atoms with E-state index in [1.54, 1.807) is 13.7 Å². The van der Waals surface area contributed by atoms with Gasteiger partial charge in [0.05, 0.1) is 0 Å². The number of rotatable bonds is 5. The molecule has 0 aliphatic carbocycles. The smallest absolute Gasteiger partial charge is 0.105 e. The Hall–Kier alpha value is -0.560. The Balaban J connectivity index is 3.56. The second kappa shape index (κ2) is 7.11. The summed E-state index contributed by atoms with van der Waals surface area (Å²) in [7, 11) is 1.67. The Morgan fingerprint density at radius 3 is 2.42 bits per heavy atom. The van der Waals surface area contributed by atoms with Crippen LogP contribution in [0.15, 0.2) is 23.3 Å². The summed E-state index contributed by atoms with van der Waals surface area (Å²) >= 11 is 0. The highest BCUT2D eigenvalue weighted by atomic mass is 16.5. The average molecular weight is 167 g/mol. The van der Waals surface area contributed by atoms with Crippen molar-refractivity contribution in [2.75, 3.05) is 7.11 Å². The molecule has 0 spiro atoms. The van der Waals surface area contributed by atoms with Crippen molar-refractivity contribution in [1.82, 2.24) is 0 Å². The first-order valence-electron chi connectivity index (χ1n) is 4.32. The van der Waals surface area contributed by atoms with Gasteiger partial charge in [0.2, 0.25) is 0 Å². The lowest BCUT2D eigenvalue weighted by atomic mass is 10.1. The summed E-state index contributed by atoms with van der Waals surface area (Å²) in [6, 6.07) is 0. The van der Waals surface area contributed by atoms with Crippen LogP contribution in [0.1, 0.15) is 33.6 Å². The zero-order chi connectivity index (χ0) is 9.40. The Morgan fingerprint density at radius 2 is 1.92 bits per heavy atom. The maximum absolute atomic E-state index is 4.82. The van der Waals surface area contributed by atoms with Crippen LogP contribution >= 0.6 is 0 Å². The molecule has 0 aromatic heterocycles. The van der Waals surface area contributed by atoms with Crippen LogP contribution in [-0.2, 0) is 4.74 Å². The van der Waals surface area contributed by atoms with Crippen molar-refractivity contribution in [3.05, 3.63) is 29.9 Å². The Morgan fingerprint density at radius 1 is 1.25 bits per heavy atom. The summed E-state index contributed by atoms with van der Waals surface area (Å²) in [6.45, 7) is 8.09. The second-order valence-corrected chi connectivity index (χ2v) is 3.20. The average Bonchev–Trinajstić information content (AvgIpc) is 2.00. The largest absolute Gasteiger partial charge is 0.374 e. The fraction of sp³-hybridized carbons (Fsp3) is 0.545. The minimum Gasteiger partial charge on any atom is -0.374 e.